The lowest BCUT2D eigenvalue weighted by Gasteiger charge is -2.33. The van der Waals surface area contributed by atoms with E-state index in [9.17, 15) is 61.9 Å². The molecule has 1 unspecified atom stereocenters. The highest BCUT2D eigenvalue weighted by atomic mass is 19.4. The van der Waals surface area contributed by atoms with E-state index in [1.807, 2.05) is 6.58 Å². The van der Waals surface area contributed by atoms with E-state index in [1.54, 1.807) is 0 Å². The molecule has 0 spiro atoms. The lowest BCUT2D eigenvalue weighted by Crippen LogP contribution is -2.56. The van der Waals surface area contributed by atoms with E-state index in [0.29, 0.717) is 0 Å². The first kappa shape index (κ1) is 26.3. The molecule has 0 aliphatic rings. The summed E-state index contributed by atoms with van der Waals surface area (Å²) >= 11 is 0. The van der Waals surface area contributed by atoms with Gasteiger partial charge in [-0.3, -0.25) is 0 Å². The van der Waals surface area contributed by atoms with E-state index < -0.39 is 66.8 Å². The van der Waals surface area contributed by atoms with Gasteiger partial charge in [0, 0.05) is 12.8 Å². The van der Waals surface area contributed by atoms with Crippen LogP contribution in [0.3, 0.4) is 0 Å². The SMILES string of the molecule is C=C(C(=O)OC(C)C(F)(F)C(F)F)C(F)(F)C(F)(F)C(F)(F)CCC(F)(F)F. The Hall–Kier alpha value is -1.70. The second kappa shape index (κ2) is 7.97. The monoisotopic (exact) mass is 446 g/mol. The summed E-state index contributed by atoms with van der Waals surface area (Å²) in [5, 5.41) is 0. The minimum absolute atomic E-state index is 0.0611. The van der Waals surface area contributed by atoms with Crippen LogP contribution in [-0.2, 0) is 9.53 Å². The van der Waals surface area contributed by atoms with Gasteiger partial charge in [-0.15, -0.1) is 0 Å². The second-order valence-electron chi connectivity index (χ2n) is 5.47. The standard InChI is InChI=1S/C13H11F13O2/c1-5(7(27)28-6(2)11(21,22)8(14)15)12(23,24)13(25,26)9(16,17)3-4-10(18,19)20/h6,8H,1,3-4H2,2H3. The Morgan fingerprint density at radius 2 is 1.32 bits per heavy atom. The van der Waals surface area contributed by atoms with Crippen LogP contribution in [0.25, 0.3) is 0 Å². The highest BCUT2D eigenvalue weighted by molar-refractivity contribution is 5.90. The molecule has 15 heteroatoms. The number of hydrogen-bond donors (Lipinski definition) is 0. The maximum atomic E-state index is 13.6. The molecule has 0 saturated carbocycles. The molecule has 0 fully saturated rings. The number of carbonyl (C=O) groups is 1. The largest absolute Gasteiger partial charge is 0.452 e. The van der Waals surface area contributed by atoms with Crippen LogP contribution >= 0.6 is 0 Å². The molecule has 0 saturated heterocycles. The van der Waals surface area contributed by atoms with Crippen molar-refractivity contribution in [3.8, 4) is 0 Å². The fourth-order valence-electron chi connectivity index (χ4n) is 1.49. The lowest BCUT2D eigenvalue weighted by molar-refractivity contribution is -0.303. The number of halogens is 13. The predicted octanol–water partition coefficient (Wildman–Crippen LogP) is 5.62. The van der Waals surface area contributed by atoms with Crippen LogP contribution in [0.2, 0.25) is 0 Å². The third-order valence-corrected chi connectivity index (χ3v) is 3.32. The zero-order valence-corrected chi connectivity index (χ0v) is 13.5. The number of esters is 1. The molecule has 0 amide bonds. The van der Waals surface area contributed by atoms with Gasteiger partial charge in [-0.1, -0.05) is 6.58 Å². The third-order valence-electron chi connectivity index (χ3n) is 3.32. The summed E-state index contributed by atoms with van der Waals surface area (Å²) in [6, 6.07) is 0. The topological polar surface area (TPSA) is 26.3 Å². The predicted molar refractivity (Wildman–Crippen MR) is 65.8 cm³/mol. The number of alkyl halides is 13. The molecule has 0 bridgehead atoms. The average Bonchev–Trinajstić information content (AvgIpc) is 2.50. The van der Waals surface area contributed by atoms with Gasteiger partial charge in [0.05, 0.1) is 0 Å². The van der Waals surface area contributed by atoms with Crippen molar-refractivity contribution in [3.63, 3.8) is 0 Å². The van der Waals surface area contributed by atoms with Gasteiger partial charge >= 0.3 is 42.3 Å². The number of carbonyl (C=O) groups excluding carboxylic acids is 1. The average molecular weight is 446 g/mol. The highest BCUT2D eigenvalue weighted by Gasteiger charge is 2.73. The summed E-state index contributed by atoms with van der Waals surface area (Å²) in [5.74, 6) is -26.9. The first-order valence-corrected chi connectivity index (χ1v) is 6.87. The maximum absolute atomic E-state index is 13.6. The van der Waals surface area contributed by atoms with E-state index in [1.165, 1.54) is 0 Å². The van der Waals surface area contributed by atoms with Gasteiger partial charge in [0.1, 0.15) is 5.57 Å². The van der Waals surface area contributed by atoms with Crippen molar-refractivity contribution in [1.29, 1.82) is 0 Å². The highest BCUT2D eigenvalue weighted by Crippen LogP contribution is 2.51. The summed E-state index contributed by atoms with van der Waals surface area (Å²) in [6.45, 7) is 2.06. The molecule has 0 heterocycles. The molecule has 2 nitrogen and oxygen atoms in total. The molecule has 166 valence electrons. The van der Waals surface area contributed by atoms with Gasteiger partial charge in [0.25, 0.3) is 0 Å². The quantitative estimate of drug-likeness (QED) is 0.261. The van der Waals surface area contributed by atoms with Crippen molar-refractivity contribution in [2.75, 3.05) is 0 Å². The van der Waals surface area contributed by atoms with Crippen LogP contribution in [0.5, 0.6) is 0 Å². The summed E-state index contributed by atoms with van der Waals surface area (Å²) in [7, 11) is 0. The number of hydrogen-bond acceptors (Lipinski definition) is 2. The van der Waals surface area contributed by atoms with Gasteiger partial charge in [0.2, 0.25) is 0 Å². The summed E-state index contributed by atoms with van der Waals surface area (Å²) in [4.78, 5) is 11.2. The van der Waals surface area contributed by atoms with Gasteiger partial charge < -0.3 is 4.74 Å². The molecule has 0 aromatic carbocycles. The molecule has 0 aromatic rings. The van der Waals surface area contributed by atoms with Crippen LogP contribution in [0, 0.1) is 0 Å². The zero-order valence-electron chi connectivity index (χ0n) is 13.5. The Morgan fingerprint density at radius 3 is 1.68 bits per heavy atom. The Bertz CT molecular complexity index is 579. The van der Waals surface area contributed by atoms with Crippen molar-refractivity contribution in [3.05, 3.63) is 12.2 Å². The Balaban J connectivity index is 5.54. The van der Waals surface area contributed by atoms with Gasteiger partial charge in [-0.25, -0.2) is 13.6 Å². The number of rotatable bonds is 9. The van der Waals surface area contributed by atoms with E-state index in [-0.39, 0.29) is 6.92 Å². The fraction of sp³-hybridized carbons (Fsp3) is 0.769. The molecule has 0 aliphatic carbocycles. The molecule has 28 heavy (non-hydrogen) atoms. The maximum Gasteiger partial charge on any atom is 0.389 e. The smallest absolute Gasteiger partial charge is 0.389 e. The molecular formula is C13H11F13O2. The molecule has 0 N–H and O–H groups in total. The molecule has 0 radical (unpaired) electrons. The third kappa shape index (κ3) is 5.43. The van der Waals surface area contributed by atoms with Crippen molar-refractivity contribution in [2.45, 2.75) is 62.2 Å². The van der Waals surface area contributed by atoms with Gasteiger partial charge in [0.15, 0.2) is 6.10 Å². The van der Waals surface area contributed by atoms with Crippen molar-refractivity contribution >= 4 is 5.97 Å². The van der Waals surface area contributed by atoms with Gasteiger partial charge in [-0.05, 0) is 6.92 Å². The van der Waals surface area contributed by atoms with Crippen LogP contribution < -0.4 is 0 Å². The first-order chi connectivity index (χ1) is 12.1. The Labute approximate surface area is 148 Å². The summed E-state index contributed by atoms with van der Waals surface area (Å²) in [6.07, 6.45) is -18.5. The minimum Gasteiger partial charge on any atom is -0.452 e. The van der Waals surface area contributed by atoms with Crippen LogP contribution in [0.4, 0.5) is 57.1 Å². The normalized spacial score (nSPS) is 15.5. The number of ether oxygens (including phenoxy) is 1. The molecular weight excluding hydrogens is 435 g/mol. The minimum atomic E-state index is -6.63. The van der Waals surface area contributed by atoms with Crippen molar-refractivity contribution in [1.82, 2.24) is 0 Å². The Morgan fingerprint density at radius 1 is 0.893 bits per heavy atom. The van der Waals surface area contributed by atoms with Crippen molar-refractivity contribution in [2.24, 2.45) is 0 Å². The Kier molecular flexibility index (Phi) is 7.48. The first-order valence-electron chi connectivity index (χ1n) is 6.87. The lowest BCUT2D eigenvalue weighted by atomic mass is 9.95. The van der Waals surface area contributed by atoms with Crippen LogP contribution in [0.15, 0.2) is 12.2 Å². The fourth-order valence-corrected chi connectivity index (χ4v) is 1.49. The molecule has 1 atom stereocenters. The van der Waals surface area contributed by atoms with E-state index >= 15 is 0 Å². The summed E-state index contributed by atoms with van der Waals surface area (Å²) < 4.78 is 170. The zero-order chi connectivity index (χ0) is 22.9. The van der Waals surface area contributed by atoms with E-state index in [2.05, 4.69) is 4.74 Å². The molecule has 0 aromatic heterocycles. The van der Waals surface area contributed by atoms with Crippen LogP contribution in [0.1, 0.15) is 19.8 Å². The molecule has 0 aliphatic heterocycles. The van der Waals surface area contributed by atoms with E-state index in [0.717, 1.165) is 0 Å². The van der Waals surface area contributed by atoms with Crippen LogP contribution in [-0.4, -0.2) is 48.4 Å². The second-order valence-corrected chi connectivity index (χ2v) is 5.47. The van der Waals surface area contributed by atoms with Crippen molar-refractivity contribution < 1.29 is 66.6 Å². The molecule has 0 rings (SSSR count). The van der Waals surface area contributed by atoms with Gasteiger partial charge in [-0.2, -0.15) is 48.3 Å². The van der Waals surface area contributed by atoms with E-state index in [4.69, 9.17) is 0 Å². The summed E-state index contributed by atoms with van der Waals surface area (Å²) in [5.41, 5.74) is -2.85.